The summed E-state index contributed by atoms with van der Waals surface area (Å²) < 4.78 is 24.3. The van der Waals surface area contributed by atoms with E-state index in [-0.39, 0.29) is 5.82 Å². The minimum atomic E-state index is -0.248. The minimum Gasteiger partial charge on any atom is -0.492 e. The highest BCUT2D eigenvalue weighted by molar-refractivity contribution is 5.34. The molecule has 1 aliphatic rings. The smallest absolute Gasteiger partial charge is 0.123 e. The Morgan fingerprint density at radius 2 is 1.22 bits per heavy atom. The lowest BCUT2D eigenvalue weighted by molar-refractivity contribution is 0.105. The molecule has 0 atom stereocenters. The summed E-state index contributed by atoms with van der Waals surface area (Å²) in [6, 6.07) is 15.4. The molecule has 27 heavy (non-hydrogen) atoms. The standard InChI is InChI=1S/C21H24FN3O2/c22-19-3-7-21(8-4-19)27-16-14-25-11-9-24(10-12-25)13-15-26-20-5-1-18(17-23)2-6-20/h1-8H,9-16H2. The zero-order valence-corrected chi connectivity index (χ0v) is 15.3. The van der Waals surface area contributed by atoms with Crippen molar-refractivity contribution in [2.24, 2.45) is 0 Å². The second-order valence-corrected chi connectivity index (χ2v) is 6.47. The average Bonchev–Trinajstić information content (AvgIpc) is 2.71. The quantitative estimate of drug-likeness (QED) is 0.716. The highest BCUT2D eigenvalue weighted by Gasteiger charge is 2.16. The van der Waals surface area contributed by atoms with E-state index in [1.54, 1.807) is 24.3 Å². The lowest BCUT2D eigenvalue weighted by Crippen LogP contribution is -2.48. The lowest BCUT2D eigenvalue weighted by atomic mass is 10.2. The van der Waals surface area contributed by atoms with Gasteiger partial charge in [-0.1, -0.05) is 0 Å². The highest BCUT2D eigenvalue weighted by atomic mass is 19.1. The van der Waals surface area contributed by atoms with Crippen molar-refractivity contribution in [2.75, 3.05) is 52.5 Å². The number of rotatable bonds is 8. The number of ether oxygens (including phenoxy) is 2. The van der Waals surface area contributed by atoms with Crippen LogP contribution in [0.1, 0.15) is 5.56 Å². The number of nitrogens with zero attached hydrogens (tertiary/aromatic N) is 3. The summed E-state index contributed by atoms with van der Waals surface area (Å²) in [7, 11) is 0. The molecular formula is C21H24FN3O2. The highest BCUT2D eigenvalue weighted by Crippen LogP contribution is 2.12. The molecule has 1 heterocycles. The van der Waals surface area contributed by atoms with Crippen LogP contribution in [-0.4, -0.2) is 62.3 Å². The van der Waals surface area contributed by atoms with E-state index in [0.29, 0.717) is 24.5 Å². The van der Waals surface area contributed by atoms with Gasteiger partial charge in [0.1, 0.15) is 30.5 Å². The van der Waals surface area contributed by atoms with Crippen LogP contribution in [-0.2, 0) is 0 Å². The van der Waals surface area contributed by atoms with Gasteiger partial charge in [-0.2, -0.15) is 5.26 Å². The molecule has 2 aromatic rings. The Kier molecular flexibility index (Phi) is 7.03. The van der Waals surface area contributed by atoms with E-state index in [1.807, 2.05) is 12.1 Å². The van der Waals surface area contributed by atoms with Gasteiger partial charge in [0.15, 0.2) is 0 Å². The van der Waals surface area contributed by atoms with Gasteiger partial charge in [-0.15, -0.1) is 0 Å². The Labute approximate surface area is 159 Å². The summed E-state index contributed by atoms with van der Waals surface area (Å²) in [6.07, 6.45) is 0. The molecule has 6 heteroatoms. The third-order valence-electron chi connectivity index (χ3n) is 4.61. The van der Waals surface area contributed by atoms with Crippen LogP contribution in [0.5, 0.6) is 11.5 Å². The van der Waals surface area contributed by atoms with Gasteiger partial charge in [-0.05, 0) is 48.5 Å². The van der Waals surface area contributed by atoms with Crippen LogP contribution in [0.2, 0.25) is 0 Å². The molecule has 1 fully saturated rings. The first kappa shape index (κ1) is 19.2. The van der Waals surface area contributed by atoms with Gasteiger partial charge < -0.3 is 9.47 Å². The van der Waals surface area contributed by atoms with E-state index in [2.05, 4.69) is 15.9 Å². The van der Waals surface area contributed by atoms with Crippen molar-refractivity contribution in [3.63, 3.8) is 0 Å². The van der Waals surface area contributed by atoms with Crippen LogP contribution in [0.3, 0.4) is 0 Å². The number of nitriles is 1. The van der Waals surface area contributed by atoms with E-state index >= 15 is 0 Å². The summed E-state index contributed by atoms with van der Waals surface area (Å²) in [5, 5.41) is 8.80. The van der Waals surface area contributed by atoms with Gasteiger partial charge in [0.05, 0.1) is 11.6 Å². The summed E-state index contributed by atoms with van der Waals surface area (Å²) in [5.74, 6) is 1.25. The number of hydrogen-bond donors (Lipinski definition) is 0. The molecule has 0 unspecified atom stereocenters. The fraction of sp³-hybridized carbons (Fsp3) is 0.381. The maximum Gasteiger partial charge on any atom is 0.123 e. The van der Waals surface area contributed by atoms with E-state index in [0.717, 1.165) is 45.0 Å². The zero-order valence-electron chi connectivity index (χ0n) is 15.3. The Bertz CT molecular complexity index is 736. The molecule has 0 aromatic heterocycles. The summed E-state index contributed by atoms with van der Waals surface area (Å²) in [5.41, 5.74) is 0.641. The van der Waals surface area contributed by atoms with Gasteiger partial charge in [0.25, 0.3) is 0 Å². The van der Waals surface area contributed by atoms with E-state index < -0.39 is 0 Å². The third-order valence-corrected chi connectivity index (χ3v) is 4.61. The third kappa shape index (κ3) is 6.24. The van der Waals surface area contributed by atoms with Crippen LogP contribution in [0, 0.1) is 17.1 Å². The van der Waals surface area contributed by atoms with E-state index in [9.17, 15) is 4.39 Å². The van der Waals surface area contributed by atoms with Crippen molar-refractivity contribution in [3.05, 3.63) is 59.9 Å². The normalized spacial score (nSPS) is 15.3. The van der Waals surface area contributed by atoms with Gasteiger partial charge >= 0.3 is 0 Å². The molecule has 142 valence electrons. The molecule has 0 amide bonds. The molecule has 0 saturated carbocycles. The van der Waals surface area contributed by atoms with E-state index in [4.69, 9.17) is 14.7 Å². The Balaban J connectivity index is 1.28. The van der Waals surface area contributed by atoms with Gasteiger partial charge in [-0.25, -0.2) is 4.39 Å². The molecule has 1 saturated heterocycles. The van der Waals surface area contributed by atoms with Gasteiger partial charge in [0.2, 0.25) is 0 Å². The number of halogens is 1. The van der Waals surface area contributed by atoms with Crippen LogP contribution >= 0.6 is 0 Å². The predicted molar refractivity (Wildman–Crippen MR) is 101 cm³/mol. The number of hydrogen-bond acceptors (Lipinski definition) is 5. The van der Waals surface area contributed by atoms with Crippen molar-refractivity contribution in [1.82, 2.24) is 9.80 Å². The first-order valence-electron chi connectivity index (χ1n) is 9.19. The second-order valence-electron chi connectivity index (χ2n) is 6.47. The Hall–Kier alpha value is -2.62. The summed E-state index contributed by atoms with van der Waals surface area (Å²) >= 11 is 0. The molecule has 5 nitrogen and oxygen atoms in total. The van der Waals surface area contributed by atoms with Crippen LogP contribution in [0.4, 0.5) is 4.39 Å². The minimum absolute atomic E-state index is 0.248. The largest absolute Gasteiger partial charge is 0.492 e. The fourth-order valence-electron chi connectivity index (χ4n) is 2.98. The molecular weight excluding hydrogens is 345 g/mol. The molecule has 1 aliphatic heterocycles. The molecule has 0 N–H and O–H groups in total. The van der Waals surface area contributed by atoms with Crippen molar-refractivity contribution < 1.29 is 13.9 Å². The Morgan fingerprint density at radius 3 is 1.67 bits per heavy atom. The Morgan fingerprint density at radius 1 is 0.778 bits per heavy atom. The maximum atomic E-state index is 12.9. The second kappa shape index (κ2) is 9.91. The average molecular weight is 369 g/mol. The van der Waals surface area contributed by atoms with Gasteiger partial charge in [0, 0.05) is 39.3 Å². The van der Waals surface area contributed by atoms with Crippen LogP contribution in [0.15, 0.2) is 48.5 Å². The SMILES string of the molecule is N#Cc1ccc(OCCN2CCN(CCOc3ccc(F)cc3)CC2)cc1. The monoisotopic (exact) mass is 369 g/mol. The van der Waals surface area contributed by atoms with Crippen LogP contribution in [0.25, 0.3) is 0 Å². The first-order chi connectivity index (χ1) is 13.2. The first-order valence-corrected chi connectivity index (χ1v) is 9.19. The zero-order chi connectivity index (χ0) is 18.9. The molecule has 2 aromatic carbocycles. The lowest BCUT2D eigenvalue weighted by Gasteiger charge is -2.34. The van der Waals surface area contributed by atoms with Crippen molar-refractivity contribution in [3.8, 4) is 17.6 Å². The molecule has 0 spiro atoms. The topological polar surface area (TPSA) is 48.7 Å². The molecule has 0 radical (unpaired) electrons. The van der Waals surface area contributed by atoms with E-state index in [1.165, 1.54) is 12.1 Å². The predicted octanol–water partition coefficient (Wildman–Crippen LogP) is 2.77. The van der Waals surface area contributed by atoms with Crippen molar-refractivity contribution in [1.29, 1.82) is 5.26 Å². The fourth-order valence-corrected chi connectivity index (χ4v) is 2.98. The maximum absolute atomic E-state index is 12.9. The number of piperazine rings is 1. The van der Waals surface area contributed by atoms with Crippen LogP contribution < -0.4 is 9.47 Å². The van der Waals surface area contributed by atoms with Gasteiger partial charge in [-0.3, -0.25) is 9.80 Å². The summed E-state index contributed by atoms with van der Waals surface area (Å²) in [6.45, 7) is 7.02. The van der Waals surface area contributed by atoms with Crippen molar-refractivity contribution in [2.45, 2.75) is 0 Å². The number of benzene rings is 2. The molecule has 3 rings (SSSR count). The summed E-state index contributed by atoms with van der Waals surface area (Å²) in [4.78, 5) is 4.77. The molecule has 0 aliphatic carbocycles. The van der Waals surface area contributed by atoms with Crippen molar-refractivity contribution >= 4 is 0 Å². The molecule has 0 bridgehead atoms.